The Morgan fingerprint density at radius 2 is 1.89 bits per heavy atom. The summed E-state index contributed by atoms with van der Waals surface area (Å²) in [4.78, 5) is 24.3. The van der Waals surface area contributed by atoms with Crippen molar-refractivity contribution in [3.63, 3.8) is 0 Å². The van der Waals surface area contributed by atoms with E-state index in [2.05, 4.69) is 0 Å². The molecule has 2 aromatic carbocycles. The number of carbonyl (C=O) groups is 2. The third kappa shape index (κ3) is 5.57. The van der Waals surface area contributed by atoms with Gasteiger partial charge in [0, 0.05) is 11.6 Å². The molecule has 2 aromatic rings. The highest BCUT2D eigenvalue weighted by molar-refractivity contribution is 6.32. The van der Waals surface area contributed by atoms with Gasteiger partial charge in [0.1, 0.15) is 5.82 Å². The van der Waals surface area contributed by atoms with E-state index in [1.165, 1.54) is 50.5 Å². The number of hydrogen-bond donors (Lipinski definition) is 0. The highest BCUT2D eigenvalue weighted by Crippen LogP contribution is 2.36. The Hall–Kier alpha value is -2.86. The molecule has 0 bridgehead atoms. The van der Waals surface area contributed by atoms with Gasteiger partial charge in [-0.3, -0.25) is 4.79 Å². The number of ether oxygens (including phenoxy) is 3. The zero-order valence-corrected chi connectivity index (χ0v) is 16.5. The molecule has 0 spiro atoms. The van der Waals surface area contributed by atoms with Crippen LogP contribution >= 0.6 is 11.6 Å². The first-order valence-corrected chi connectivity index (χ1v) is 8.92. The number of Topliss-reactive ketones (excluding diaryl/α,β-unsaturated/α-hetero) is 1. The average molecular weight is 407 g/mol. The quantitative estimate of drug-likeness (QED) is 0.361. The Morgan fingerprint density at radius 1 is 1.21 bits per heavy atom. The van der Waals surface area contributed by atoms with Gasteiger partial charge >= 0.3 is 5.97 Å². The van der Waals surface area contributed by atoms with Crippen LogP contribution in [0.15, 0.2) is 42.5 Å². The largest absolute Gasteiger partial charge is 0.491 e. The van der Waals surface area contributed by atoms with Crippen LogP contribution in [0.25, 0.3) is 6.08 Å². The second-order valence-electron chi connectivity index (χ2n) is 5.75. The average Bonchev–Trinajstić information content (AvgIpc) is 2.66. The molecule has 2 rings (SSSR count). The van der Waals surface area contributed by atoms with Crippen LogP contribution in [0.3, 0.4) is 0 Å². The van der Waals surface area contributed by atoms with E-state index < -0.39 is 23.7 Å². The van der Waals surface area contributed by atoms with Crippen molar-refractivity contribution in [2.45, 2.75) is 20.0 Å². The molecule has 0 unspecified atom stereocenters. The van der Waals surface area contributed by atoms with Crippen LogP contribution in [0.5, 0.6) is 11.5 Å². The van der Waals surface area contributed by atoms with E-state index in [1.54, 1.807) is 12.1 Å². The molecule has 0 heterocycles. The van der Waals surface area contributed by atoms with Gasteiger partial charge < -0.3 is 14.2 Å². The van der Waals surface area contributed by atoms with Gasteiger partial charge in [0.2, 0.25) is 5.78 Å². The lowest BCUT2D eigenvalue weighted by Gasteiger charge is -2.12. The predicted octanol–water partition coefficient (Wildman–Crippen LogP) is 4.71. The number of ketones is 1. The number of esters is 1. The summed E-state index contributed by atoms with van der Waals surface area (Å²) < 4.78 is 28.7. The van der Waals surface area contributed by atoms with Crippen LogP contribution in [-0.4, -0.2) is 31.6 Å². The lowest BCUT2D eigenvalue weighted by Crippen LogP contribution is -2.23. The maximum Gasteiger partial charge on any atom is 0.331 e. The standard InChI is InChI=1S/C21H20ClFO5/c1-4-27-18-12-14(11-17(22)21(18)26-3)5-10-19(24)28-13(2)20(25)15-6-8-16(23)9-7-15/h5-13H,4H2,1-3H3/b10-5+/t13-/m1/s1. The molecule has 148 valence electrons. The summed E-state index contributed by atoms with van der Waals surface area (Å²) in [5.74, 6) is -0.721. The van der Waals surface area contributed by atoms with Crippen LogP contribution in [0.4, 0.5) is 4.39 Å². The van der Waals surface area contributed by atoms with Crippen molar-refractivity contribution in [3.05, 3.63) is 64.4 Å². The number of hydrogen-bond acceptors (Lipinski definition) is 5. The third-order valence-electron chi connectivity index (χ3n) is 3.74. The van der Waals surface area contributed by atoms with Crippen molar-refractivity contribution in [2.24, 2.45) is 0 Å². The maximum atomic E-state index is 12.9. The second-order valence-corrected chi connectivity index (χ2v) is 6.16. The van der Waals surface area contributed by atoms with E-state index in [1.807, 2.05) is 6.92 Å². The van der Waals surface area contributed by atoms with Crippen molar-refractivity contribution >= 4 is 29.4 Å². The number of rotatable bonds is 8. The van der Waals surface area contributed by atoms with Gasteiger partial charge in [-0.15, -0.1) is 0 Å². The molecule has 0 N–H and O–H groups in total. The summed E-state index contributed by atoms with van der Waals surface area (Å²) in [6.07, 6.45) is 1.66. The molecular formula is C21H20ClFO5. The number of methoxy groups -OCH3 is 1. The topological polar surface area (TPSA) is 61.8 Å². The summed E-state index contributed by atoms with van der Waals surface area (Å²) >= 11 is 6.16. The van der Waals surface area contributed by atoms with Crippen LogP contribution < -0.4 is 9.47 Å². The van der Waals surface area contributed by atoms with Gasteiger partial charge in [-0.1, -0.05) is 11.6 Å². The molecule has 1 atom stereocenters. The molecule has 0 aliphatic heterocycles. The summed E-state index contributed by atoms with van der Waals surface area (Å²) in [5, 5.41) is 0.335. The van der Waals surface area contributed by atoms with Gasteiger partial charge in [-0.2, -0.15) is 0 Å². The lowest BCUT2D eigenvalue weighted by atomic mass is 10.1. The van der Waals surface area contributed by atoms with Gasteiger partial charge in [0.05, 0.1) is 18.7 Å². The van der Waals surface area contributed by atoms with Gasteiger partial charge in [-0.05, 0) is 61.9 Å². The molecular weight excluding hydrogens is 387 g/mol. The highest BCUT2D eigenvalue weighted by atomic mass is 35.5. The molecule has 0 aliphatic carbocycles. The SMILES string of the molecule is CCOc1cc(/C=C/C(=O)O[C@H](C)C(=O)c2ccc(F)cc2)cc(Cl)c1OC. The Morgan fingerprint density at radius 3 is 2.50 bits per heavy atom. The van der Waals surface area contributed by atoms with E-state index in [0.29, 0.717) is 28.7 Å². The first-order chi connectivity index (χ1) is 13.3. The third-order valence-corrected chi connectivity index (χ3v) is 4.02. The normalized spacial score (nSPS) is 11.9. The van der Waals surface area contributed by atoms with Gasteiger partial charge in [-0.25, -0.2) is 9.18 Å². The fraction of sp³-hybridized carbons (Fsp3) is 0.238. The van der Waals surface area contributed by atoms with Crippen molar-refractivity contribution in [1.29, 1.82) is 0 Å². The van der Waals surface area contributed by atoms with Crippen LogP contribution in [0.1, 0.15) is 29.8 Å². The Balaban J connectivity index is 2.06. The fourth-order valence-corrected chi connectivity index (χ4v) is 2.72. The van der Waals surface area contributed by atoms with Crippen molar-refractivity contribution in [3.8, 4) is 11.5 Å². The summed E-state index contributed by atoms with van der Waals surface area (Å²) in [7, 11) is 1.48. The fourth-order valence-electron chi connectivity index (χ4n) is 2.43. The molecule has 0 radical (unpaired) electrons. The molecule has 28 heavy (non-hydrogen) atoms. The first kappa shape index (κ1) is 21.4. The Bertz CT molecular complexity index is 877. The Labute approximate surface area is 167 Å². The summed E-state index contributed by atoms with van der Waals surface area (Å²) in [5.41, 5.74) is 0.859. The minimum Gasteiger partial charge on any atom is -0.491 e. The maximum absolute atomic E-state index is 12.9. The molecule has 0 fully saturated rings. The van der Waals surface area contributed by atoms with E-state index >= 15 is 0 Å². The van der Waals surface area contributed by atoms with E-state index in [9.17, 15) is 14.0 Å². The second kappa shape index (κ2) is 9.90. The molecule has 0 aliphatic rings. The van der Waals surface area contributed by atoms with E-state index in [4.69, 9.17) is 25.8 Å². The minimum atomic E-state index is -1.01. The number of carbonyl (C=O) groups excluding carboxylic acids is 2. The molecule has 7 heteroatoms. The molecule has 0 aromatic heterocycles. The smallest absolute Gasteiger partial charge is 0.331 e. The monoisotopic (exact) mass is 406 g/mol. The lowest BCUT2D eigenvalue weighted by molar-refractivity contribution is -0.140. The van der Waals surface area contributed by atoms with Gasteiger partial charge in [0.15, 0.2) is 17.6 Å². The summed E-state index contributed by atoms with van der Waals surface area (Å²) in [6, 6.07) is 8.31. The van der Waals surface area contributed by atoms with E-state index in [-0.39, 0.29) is 5.56 Å². The zero-order valence-electron chi connectivity index (χ0n) is 15.7. The molecule has 0 saturated heterocycles. The van der Waals surface area contributed by atoms with E-state index in [0.717, 1.165) is 0 Å². The predicted molar refractivity (Wildman–Crippen MR) is 104 cm³/mol. The van der Waals surface area contributed by atoms with Crippen LogP contribution in [-0.2, 0) is 9.53 Å². The number of halogens is 2. The van der Waals surface area contributed by atoms with Crippen molar-refractivity contribution in [2.75, 3.05) is 13.7 Å². The Kier molecular flexibility index (Phi) is 7.58. The van der Waals surface area contributed by atoms with Crippen molar-refractivity contribution in [1.82, 2.24) is 0 Å². The minimum absolute atomic E-state index is 0.258. The van der Waals surface area contributed by atoms with Crippen LogP contribution in [0, 0.1) is 5.82 Å². The number of benzene rings is 2. The summed E-state index contributed by atoms with van der Waals surface area (Å²) in [6.45, 7) is 3.70. The molecule has 0 saturated carbocycles. The molecule has 0 amide bonds. The van der Waals surface area contributed by atoms with Crippen molar-refractivity contribution < 1.29 is 28.2 Å². The van der Waals surface area contributed by atoms with Crippen LogP contribution in [0.2, 0.25) is 5.02 Å². The highest BCUT2D eigenvalue weighted by Gasteiger charge is 2.18. The first-order valence-electron chi connectivity index (χ1n) is 8.54. The zero-order chi connectivity index (χ0) is 20.7. The molecule has 5 nitrogen and oxygen atoms in total. The van der Waals surface area contributed by atoms with Gasteiger partial charge in [0.25, 0.3) is 0 Å².